The normalized spacial score (nSPS) is 26.8. The van der Waals surface area contributed by atoms with E-state index in [1.165, 1.54) is 15.6 Å². The molecule has 1 atom stereocenters. The van der Waals surface area contributed by atoms with Gasteiger partial charge in [0.05, 0.1) is 12.1 Å². The molecule has 8 heteroatoms. The molecule has 0 aliphatic carbocycles. The predicted molar refractivity (Wildman–Crippen MR) is 87.9 cm³/mol. The molecule has 0 N–H and O–H groups in total. The Morgan fingerprint density at radius 1 is 1.43 bits per heavy atom. The monoisotopic (exact) mass is 358 g/mol. The van der Waals surface area contributed by atoms with Crippen LogP contribution in [0.2, 0.25) is 0 Å². The van der Waals surface area contributed by atoms with Crippen LogP contribution in [0, 0.1) is 0 Å². The summed E-state index contributed by atoms with van der Waals surface area (Å²) in [5, 5.41) is 1.76. The Balaban J connectivity index is 1.95. The lowest BCUT2D eigenvalue weighted by Crippen LogP contribution is -2.56. The van der Waals surface area contributed by atoms with Gasteiger partial charge in [0.15, 0.2) is 0 Å². The van der Waals surface area contributed by atoms with Crippen molar-refractivity contribution in [3.63, 3.8) is 0 Å². The Bertz CT molecular complexity index is 651. The maximum absolute atomic E-state index is 12.9. The molecule has 0 radical (unpaired) electrons. The summed E-state index contributed by atoms with van der Waals surface area (Å²) in [5.74, 6) is 0.0289. The SMILES string of the molecule is CCCN1C(=O)CCN(S(=O)(=O)c2cccs2)CC12CCOC2. The van der Waals surface area contributed by atoms with Crippen LogP contribution in [-0.2, 0) is 19.6 Å². The molecule has 3 rings (SSSR count). The van der Waals surface area contributed by atoms with Crippen LogP contribution >= 0.6 is 11.3 Å². The van der Waals surface area contributed by atoms with Gasteiger partial charge in [-0.3, -0.25) is 4.79 Å². The second-order valence-corrected chi connectivity index (χ2v) is 9.21. The molecule has 2 saturated heterocycles. The zero-order valence-electron chi connectivity index (χ0n) is 13.2. The van der Waals surface area contributed by atoms with Crippen LogP contribution in [0.25, 0.3) is 0 Å². The van der Waals surface area contributed by atoms with E-state index in [4.69, 9.17) is 4.74 Å². The zero-order valence-corrected chi connectivity index (χ0v) is 14.9. The number of ether oxygens (including phenoxy) is 1. The number of amides is 1. The Morgan fingerprint density at radius 2 is 2.26 bits per heavy atom. The highest BCUT2D eigenvalue weighted by Crippen LogP contribution is 2.33. The molecular formula is C15H22N2O4S2. The maximum atomic E-state index is 12.9. The first-order valence-corrected chi connectivity index (χ1v) is 10.2. The minimum absolute atomic E-state index is 0.0289. The summed E-state index contributed by atoms with van der Waals surface area (Å²) in [6, 6.07) is 3.35. The fourth-order valence-corrected chi connectivity index (χ4v) is 6.04. The molecule has 1 aromatic rings. The van der Waals surface area contributed by atoms with Crippen LogP contribution in [0.3, 0.4) is 0 Å². The van der Waals surface area contributed by atoms with Crippen molar-refractivity contribution in [3.8, 4) is 0 Å². The van der Waals surface area contributed by atoms with Gasteiger partial charge in [-0.2, -0.15) is 4.31 Å². The van der Waals surface area contributed by atoms with E-state index in [0.717, 1.165) is 6.42 Å². The quantitative estimate of drug-likeness (QED) is 0.819. The first-order valence-electron chi connectivity index (χ1n) is 7.91. The van der Waals surface area contributed by atoms with Gasteiger partial charge in [-0.05, 0) is 24.3 Å². The third-order valence-electron chi connectivity index (χ3n) is 4.54. The van der Waals surface area contributed by atoms with Gasteiger partial charge >= 0.3 is 0 Å². The molecule has 2 aliphatic rings. The number of nitrogens with zero attached hydrogens (tertiary/aromatic N) is 2. The molecule has 1 unspecified atom stereocenters. The van der Waals surface area contributed by atoms with Crippen LogP contribution in [0.15, 0.2) is 21.7 Å². The summed E-state index contributed by atoms with van der Waals surface area (Å²) >= 11 is 1.21. The molecule has 2 aliphatic heterocycles. The van der Waals surface area contributed by atoms with Gasteiger partial charge in [0.1, 0.15) is 4.21 Å². The van der Waals surface area contributed by atoms with Crippen molar-refractivity contribution in [2.45, 2.75) is 35.9 Å². The summed E-state index contributed by atoms with van der Waals surface area (Å²) < 4.78 is 33.1. The van der Waals surface area contributed by atoms with Crippen molar-refractivity contribution in [2.24, 2.45) is 0 Å². The standard InChI is InChI=1S/C15H22N2O4S2/c1-2-7-17-13(18)5-8-16(11-15(17)6-9-21-12-15)23(19,20)14-4-3-10-22-14/h3-4,10H,2,5-9,11-12H2,1H3. The topological polar surface area (TPSA) is 66.9 Å². The molecule has 6 nitrogen and oxygen atoms in total. The Kier molecular flexibility index (Phi) is 4.78. The van der Waals surface area contributed by atoms with Gasteiger partial charge in [0, 0.05) is 32.7 Å². The molecule has 1 spiro atoms. The van der Waals surface area contributed by atoms with Crippen molar-refractivity contribution >= 4 is 27.3 Å². The number of hydrogen-bond donors (Lipinski definition) is 0. The van der Waals surface area contributed by atoms with Crippen molar-refractivity contribution in [3.05, 3.63) is 17.5 Å². The van der Waals surface area contributed by atoms with Crippen molar-refractivity contribution in [1.29, 1.82) is 0 Å². The third kappa shape index (κ3) is 3.05. The lowest BCUT2D eigenvalue weighted by atomic mass is 9.96. The van der Waals surface area contributed by atoms with E-state index in [2.05, 4.69) is 0 Å². The number of carbonyl (C=O) groups is 1. The van der Waals surface area contributed by atoms with E-state index in [-0.39, 0.29) is 18.9 Å². The maximum Gasteiger partial charge on any atom is 0.252 e. The van der Waals surface area contributed by atoms with Crippen molar-refractivity contribution in [1.82, 2.24) is 9.21 Å². The molecule has 0 saturated carbocycles. The summed E-state index contributed by atoms with van der Waals surface area (Å²) in [4.78, 5) is 14.4. The lowest BCUT2D eigenvalue weighted by molar-refractivity contribution is -0.136. The highest BCUT2D eigenvalue weighted by atomic mass is 32.2. The van der Waals surface area contributed by atoms with E-state index in [0.29, 0.717) is 36.9 Å². The molecule has 128 valence electrons. The summed E-state index contributed by atoms with van der Waals surface area (Å²) in [7, 11) is -3.55. The van der Waals surface area contributed by atoms with E-state index >= 15 is 0 Å². The average Bonchev–Trinajstić information content (AvgIpc) is 3.18. The number of hydrogen-bond acceptors (Lipinski definition) is 5. The molecule has 0 aromatic carbocycles. The average molecular weight is 358 g/mol. The molecule has 2 fully saturated rings. The number of carbonyl (C=O) groups excluding carboxylic acids is 1. The minimum Gasteiger partial charge on any atom is -0.379 e. The smallest absolute Gasteiger partial charge is 0.252 e. The van der Waals surface area contributed by atoms with Gasteiger partial charge in [-0.25, -0.2) is 8.42 Å². The minimum atomic E-state index is -3.55. The molecular weight excluding hydrogens is 336 g/mol. The van der Waals surface area contributed by atoms with Gasteiger partial charge in [-0.1, -0.05) is 13.0 Å². The van der Waals surface area contributed by atoms with Crippen molar-refractivity contribution in [2.75, 3.05) is 32.8 Å². The second-order valence-electron chi connectivity index (χ2n) is 6.09. The summed E-state index contributed by atoms with van der Waals surface area (Å²) in [5.41, 5.74) is -0.520. The highest BCUT2D eigenvalue weighted by molar-refractivity contribution is 7.91. The van der Waals surface area contributed by atoms with Gasteiger partial charge in [-0.15, -0.1) is 11.3 Å². The fraction of sp³-hybridized carbons (Fsp3) is 0.667. The predicted octanol–water partition coefficient (Wildman–Crippen LogP) is 1.54. The Morgan fingerprint density at radius 3 is 2.87 bits per heavy atom. The van der Waals surface area contributed by atoms with Crippen LogP contribution in [0.4, 0.5) is 0 Å². The molecule has 1 amide bonds. The highest BCUT2D eigenvalue weighted by Gasteiger charge is 2.48. The zero-order chi connectivity index (χ0) is 16.5. The van der Waals surface area contributed by atoms with Crippen LogP contribution in [-0.4, -0.2) is 61.9 Å². The van der Waals surface area contributed by atoms with Gasteiger partial charge in [0.2, 0.25) is 5.91 Å². The third-order valence-corrected chi connectivity index (χ3v) is 7.76. The van der Waals surface area contributed by atoms with E-state index < -0.39 is 15.6 Å². The summed E-state index contributed by atoms with van der Waals surface area (Å²) in [6.07, 6.45) is 1.77. The molecule has 23 heavy (non-hydrogen) atoms. The Labute approximate surface area is 141 Å². The number of sulfonamides is 1. The molecule has 1 aromatic heterocycles. The number of thiophene rings is 1. The first-order chi connectivity index (χ1) is 11.0. The van der Waals surface area contributed by atoms with Gasteiger partial charge in [0.25, 0.3) is 10.0 Å². The van der Waals surface area contributed by atoms with Crippen LogP contribution < -0.4 is 0 Å². The Hall–Kier alpha value is -0.960. The largest absolute Gasteiger partial charge is 0.379 e. The molecule has 0 bridgehead atoms. The second kappa shape index (κ2) is 6.51. The van der Waals surface area contributed by atoms with Crippen LogP contribution in [0.5, 0.6) is 0 Å². The van der Waals surface area contributed by atoms with E-state index in [1.807, 2.05) is 11.8 Å². The fourth-order valence-electron chi connectivity index (χ4n) is 3.37. The van der Waals surface area contributed by atoms with Gasteiger partial charge < -0.3 is 9.64 Å². The lowest BCUT2D eigenvalue weighted by Gasteiger charge is -2.40. The first kappa shape index (κ1) is 16.9. The molecule has 3 heterocycles. The summed E-state index contributed by atoms with van der Waals surface area (Å²) in [6.45, 7) is 4.21. The van der Waals surface area contributed by atoms with E-state index in [1.54, 1.807) is 17.5 Å². The van der Waals surface area contributed by atoms with Crippen molar-refractivity contribution < 1.29 is 17.9 Å². The van der Waals surface area contributed by atoms with Crippen LogP contribution in [0.1, 0.15) is 26.2 Å². The number of rotatable bonds is 4. The van der Waals surface area contributed by atoms with E-state index in [9.17, 15) is 13.2 Å².